The number of pyridine rings is 2. The van der Waals surface area contributed by atoms with Gasteiger partial charge in [-0.1, -0.05) is 6.07 Å². The summed E-state index contributed by atoms with van der Waals surface area (Å²) in [4.78, 5) is 11.1. The maximum Gasteiger partial charge on any atom is 0.163 e. The van der Waals surface area contributed by atoms with Crippen LogP contribution in [-0.4, -0.2) is 51.8 Å². The first-order valence-electron chi connectivity index (χ1n) is 11.9. The van der Waals surface area contributed by atoms with Crippen LogP contribution < -0.4 is 19.7 Å². The van der Waals surface area contributed by atoms with Gasteiger partial charge in [-0.2, -0.15) is 0 Å². The number of rotatable bonds is 11. The van der Waals surface area contributed by atoms with Crippen molar-refractivity contribution in [1.82, 2.24) is 9.97 Å². The van der Waals surface area contributed by atoms with E-state index in [2.05, 4.69) is 32.1 Å². The molecule has 8 heteroatoms. The molecule has 3 aromatic rings. The van der Waals surface area contributed by atoms with Gasteiger partial charge in [0, 0.05) is 49.2 Å². The lowest BCUT2D eigenvalue weighted by molar-refractivity contribution is 0.201. The monoisotopic (exact) mass is 494 g/mol. The first-order valence-corrected chi connectivity index (χ1v) is 14.2. The molecule has 1 aromatic carbocycles. The van der Waals surface area contributed by atoms with E-state index in [1.54, 1.807) is 19.6 Å². The van der Waals surface area contributed by atoms with E-state index in [1.165, 1.54) is 12.8 Å². The van der Waals surface area contributed by atoms with Gasteiger partial charge in [0.2, 0.25) is 0 Å². The summed E-state index contributed by atoms with van der Waals surface area (Å²) < 4.78 is 23.8. The number of ether oxygens (including phenoxy) is 2. The van der Waals surface area contributed by atoms with E-state index in [0.717, 1.165) is 47.1 Å². The highest BCUT2D eigenvalue weighted by molar-refractivity contribution is 7.99. The van der Waals surface area contributed by atoms with Gasteiger partial charge in [0.1, 0.15) is 5.82 Å². The summed E-state index contributed by atoms with van der Waals surface area (Å²) in [6.07, 6.45) is 11.9. The van der Waals surface area contributed by atoms with Gasteiger partial charge in [-0.05, 0) is 77.0 Å². The average molecular weight is 495 g/mol. The smallest absolute Gasteiger partial charge is 0.163 e. The van der Waals surface area contributed by atoms with Crippen molar-refractivity contribution in [2.75, 3.05) is 35.9 Å². The molecule has 2 aromatic heterocycles. The quantitative estimate of drug-likeness (QED) is 0.380. The van der Waals surface area contributed by atoms with Gasteiger partial charge >= 0.3 is 0 Å². The van der Waals surface area contributed by atoms with Crippen LogP contribution in [0.2, 0.25) is 0 Å². The number of nitrogens with zero attached hydrogens (tertiary/aromatic N) is 3. The van der Waals surface area contributed by atoms with Crippen molar-refractivity contribution in [3.8, 4) is 11.5 Å². The fourth-order valence-corrected chi connectivity index (χ4v) is 4.70. The maximum atomic E-state index is 11.8. The van der Waals surface area contributed by atoms with Crippen molar-refractivity contribution < 1.29 is 13.7 Å². The summed E-state index contributed by atoms with van der Waals surface area (Å²) in [7, 11) is -0.360. The van der Waals surface area contributed by atoms with Crippen LogP contribution in [-0.2, 0) is 16.1 Å². The van der Waals surface area contributed by atoms with Gasteiger partial charge in [0.25, 0.3) is 0 Å². The van der Waals surface area contributed by atoms with Crippen LogP contribution >= 0.6 is 0 Å². The van der Waals surface area contributed by atoms with E-state index in [4.69, 9.17) is 9.47 Å². The predicted molar refractivity (Wildman–Crippen MR) is 145 cm³/mol. The standard InChI is InChI=1S/C27H34N4O3S/c1-33-25-12-10-22(17-26(25)34-24-8-4-5-9-24)31(20-21-7-6-14-28-18-21)23-11-13-27(30-19-23)29-15-16-35(2,3)32/h6-7,10-14,17-19,24H,2,4-5,8-9,15-16,20H2,1,3H3,(H,29,30). The summed E-state index contributed by atoms with van der Waals surface area (Å²) in [5, 5.41) is 3.23. The lowest BCUT2D eigenvalue weighted by atomic mass is 10.2. The summed E-state index contributed by atoms with van der Waals surface area (Å²) in [6, 6.07) is 14.0. The zero-order valence-electron chi connectivity index (χ0n) is 20.5. The number of hydrogen-bond donors (Lipinski definition) is 1. The van der Waals surface area contributed by atoms with Crippen LogP contribution in [0.15, 0.2) is 61.1 Å². The third-order valence-corrected chi connectivity index (χ3v) is 7.09. The minimum Gasteiger partial charge on any atom is -0.493 e. The Balaban J connectivity index is 1.60. The second-order valence-electron chi connectivity index (χ2n) is 9.02. The Morgan fingerprint density at radius 3 is 2.57 bits per heavy atom. The van der Waals surface area contributed by atoms with Crippen molar-refractivity contribution >= 4 is 32.6 Å². The van der Waals surface area contributed by atoms with Gasteiger partial charge in [-0.3, -0.25) is 9.19 Å². The molecule has 1 atom stereocenters. The lowest BCUT2D eigenvalue weighted by Crippen LogP contribution is -2.18. The van der Waals surface area contributed by atoms with Crippen LogP contribution in [0.3, 0.4) is 0 Å². The van der Waals surface area contributed by atoms with Crippen LogP contribution in [0.5, 0.6) is 11.5 Å². The molecule has 1 aliphatic carbocycles. The molecule has 0 bridgehead atoms. The molecule has 4 rings (SSSR count). The summed E-state index contributed by atoms with van der Waals surface area (Å²) in [5.74, 6) is 6.43. The summed E-state index contributed by atoms with van der Waals surface area (Å²) in [5.41, 5.74) is 3.00. The fourth-order valence-electron chi connectivity index (χ4n) is 4.16. The van der Waals surface area contributed by atoms with Crippen molar-refractivity contribution in [3.05, 3.63) is 66.6 Å². The lowest BCUT2D eigenvalue weighted by Gasteiger charge is -2.26. The second kappa shape index (κ2) is 11.4. The Kier molecular flexibility index (Phi) is 8.13. The Labute approximate surface area is 208 Å². The van der Waals surface area contributed by atoms with E-state index in [9.17, 15) is 4.21 Å². The fraction of sp³-hybridized carbons (Fsp3) is 0.370. The Morgan fingerprint density at radius 1 is 1.11 bits per heavy atom. The third kappa shape index (κ3) is 7.11. The zero-order chi connectivity index (χ0) is 24.7. The normalized spacial score (nSPS) is 15.4. The van der Waals surface area contributed by atoms with E-state index in [0.29, 0.717) is 18.8 Å². The minimum atomic E-state index is -2.03. The largest absolute Gasteiger partial charge is 0.493 e. The van der Waals surface area contributed by atoms with Crippen LogP contribution in [0, 0.1) is 0 Å². The number of methoxy groups -OCH3 is 1. The molecule has 0 amide bonds. The molecule has 1 fully saturated rings. The molecule has 1 unspecified atom stereocenters. The van der Waals surface area contributed by atoms with Crippen molar-refractivity contribution in [2.24, 2.45) is 0 Å². The number of benzene rings is 1. The molecular formula is C27H34N4O3S. The first kappa shape index (κ1) is 24.9. The van der Waals surface area contributed by atoms with Gasteiger partial charge in [0.15, 0.2) is 11.5 Å². The molecule has 186 valence electrons. The van der Waals surface area contributed by atoms with E-state index in [-0.39, 0.29) is 6.10 Å². The molecule has 1 N–H and O–H groups in total. The maximum absolute atomic E-state index is 11.8. The van der Waals surface area contributed by atoms with Crippen LogP contribution in [0.25, 0.3) is 0 Å². The molecule has 1 saturated carbocycles. The zero-order valence-corrected chi connectivity index (χ0v) is 21.3. The Bertz CT molecular complexity index is 1190. The number of hydrogen-bond acceptors (Lipinski definition) is 7. The van der Waals surface area contributed by atoms with Gasteiger partial charge < -0.3 is 19.7 Å². The molecule has 0 aliphatic heterocycles. The Hall–Kier alpha value is -3.26. The summed E-state index contributed by atoms with van der Waals surface area (Å²) in [6.45, 7) is 1.18. The molecular weight excluding hydrogens is 460 g/mol. The average Bonchev–Trinajstić information content (AvgIpc) is 3.36. The van der Waals surface area contributed by atoms with Gasteiger partial charge in [-0.15, -0.1) is 0 Å². The second-order valence-corrected chi connectivity index (χ2v) is 11.8. The van der Waals surface area contributed by atoms with E-state index < -0.39 is 9.52 Å². The highest BCUT2D eigenvalue weighted by Crippen LogP contribution is 2.37. The summed E-state index contributed by atoms with van der Waals surface area (Å²) >= 11 is 0. The molecule has 7 nitrogen and oxygen atoms in total. The Morgan fingerprint density at radius 2 is 1.91 bits per heavy atom. The first-order chi connectivity index (χ1) is 16.9. The van der Waals surface area contributed by atoms with Crippen molar-refractivity contribution in [2.45, 2.75) is 38.3 Å². The number of nitrogens with one attached hydrogen (secondary N) is 1. The molecule has 0 saturated heterocycles. The highest BCUT2D eigenvalue weighted by atomic mass is 32.2. The van der Waals surface area contributed by atoms with Gasteiger partial charge in [-0.25, -0.2) is 4.98 Å². The number of anilines is 3. The van der Waals surface area contributed by atoms with Gasteiger partial charge in [0.05, 0.1) is 25.1 Å². The molecule has 35 heavy (non-hydrogen) atoms. The highest BCUT2D eigenvalue weighted by Gasteiger charge is 2.20. The van der Waals surface area contributed by atoms with Crippen molar-refractivity contribution in [1.29, 1.82) is 0 Å². The van der Waals surface area contributed by atoms with Crippen LogP contribution in [0.4, 0.5) is 17.2 Å². The number of aromatic nitrogens is 2. The van der Waals surface area contributed by atoms with E-state index >= 15 is 0 Å². The molecule has 0 spiro atoms. The van der Waals surface area contributed by atoms with E-state index in [1.807, 2.05) is 48.8 Å². The molecule has 0 radical (unpaired) electrons. The molecule has 1 aliphatic rings. The minimum absolute atomic E-state index is 0.231. The third-order valence-electron chi connectivity index (χ3n) is 6.02. The molecule has 2 heterocycles. The van der Waals surface area contributed by atoms with Crippen LogP contribution in [0.1, 0.15) is 31.2 Å². The topological polar surface area (TPSA) is 76.6 Å². The van der Waals surface area contributed by atoms with Crippen molar-refractivity contribution in [3.63, 3.8) is 0 Å². The predicted octanol–water partition coefficient (Wildman–Crippen LogP) is 4.90. The SMILES string of the molecule is C=S(C)(=O)CCNc1ccc(N(Cc2cccnc2)c2ccc(OC)c(OC3CCCC3)c2)cn1.